The van der Waals surface area contributed by atoms with Gasteiger partial charge in [0.15, 0.2) is 0 Å². The van der Waals surface area contributed by atoms with Crippen molar-refractivity contribution in [2.75, 3.05) is 10.6 Å². The molecule has 0 atom stereocenters. The van der Waals surface area contributed by atoms with Gasteiger partial charge in [0, 0.05) is 32.5 Å². The number of anilines is 2. The molecule has 2 N–H and O–H groups in total. The van der Waals surface area contributed by atoms with Crippen LogP contribution in [0, 0.1) is 5.92 Å². The highest BCUT2D eigenvalue weighted by Crippen LogP contribution is 2.32. The minimum atomic E-state index is -0.252. The fraction of sp³-hybridized carbons (Fsp3) is 0.167. The molecule has 0 saturated heterocycles. The summed E-state index contributed by atoms with van der Waals surface area (Å²) >= 11 is 6.45. The van der Waals surface area contributed by atoms with Gasteiger partial charge in [-0.05, 0) is 59.1 Å². The SMILES string of the molecule is O=C(Nc1ccc(NC(=O)C2CC2)cc1)c1csc(-c2cc(Br)cs2)n1. The van der Waals surface area contributed by atoms with Gasteiger partial charge in [0.2, 0.25) is 5.91 Å². The lowest BCUT2D eigenvalue weighted by Gasteiger charge is -2.06. The van der Waals surface area contributed by atoms with Crippen molar-refractivity contribution in [1.82, 2.24) is 4.98 Å². The number of hydrogen-bond donors (Lipinski definition) is 2. The van der Waals surface area contributed by atoms with Crippen molar-refractivity contribution in [3.05, 3.63) is 51.3 Å². The van der Waals surface area contributed by atoms with E-state index in [1.165, 1.54) is 11.3 Å². The van der Waals surface area contributed by atoms with Gasteiger partial charge in [0.05, 0.1) is 4.88 Å². The van der Waals surface area contributed by atoms with Crippen molar-refractivity contribution in [3.63, 3.8) is 0 Å². The normalized spacial score (nSPS) is 13.4. The minimum absolute atomic E-state index is 0.0667. The number of nitrogens with one attached hydrogen (secondary N) is 2. The van der Waals surface area contributed by atoms with E-state index in [1.807, 2.05) is 11.4 Å². The molecular weight excluding hydrogens is 434 g/mol. The molecule has 26 heavy (non-hydrogen) atoms. The number of thiazole rings is 1. The number of benzene rings is 1. The number of hydrogen-bond acceptors (Lipinski definition) is 5. The smallest absolute Gasteiger partial charge is 0.275 e. The Bertz CT molecular complexity index is 961. The van der Waals surface area contributed by atoms with Crippen LogP contribution in [0.2, 0.25) is 0 Å². The molecule has 8 heteroatoms. The van der Waals surface area contributed by atoms with E-state index in [0.29, 0.717) is 11.4 Å². The van der Waals surface area contributed by atoms with E-state index in [1.54, 1.807) is 41.0 Å². The first-order valence-electron chi connectivity index (χ1n) is 8.01. The van der Waals surface area contributed by atoms with Crippen LogP contribution in [-0.2, 0) is 4.79 Å². The van der Waals surface area contributed by atoms with Gasteiger partial charge in [-0.1, -0.05) is 0 Å². The van der Waals surface area contributed by atoms with E-state index in [2.05, 4.69) is 31.5 Å². The molecule has 3 aromatic rings. The number of rotatable bonds is 5. The van der Waals surface area contributed by atoms with Gasteiger partial charge in [-0.15, -0.1) is 22.7 Å². The zero-order valence-corrected chi connectivity index (χ0v) is 16.7. The van der Waals surface area contributed by atoms with Crippen LogP contribution in [0.5, 0.6) is 0 Å². The molecule has 0 radical (unpaired) electrons. The van der Waals surface area contributed by atoms with Gasteiger partial charge in [-0.3, -0.25) is 9.59 Å². The Morgan fingerprint density at radius 1 is 1.04 bits per heavy atom. The molecule has 132 valence electrons. The van der Waals surface area contributed by atoms with Crippen molar-refractivity contribution in [2.45, 2.75) is 12.8 Å². The third-order valence-corrected chi connectivity index (χ3v) is 6.58. The Morgan fingerprint density at radius 2 is 1.73 bits per heavy atom. The lowest BCUT2D eigenvalue weighted by atomic mass is 10.2. The van der Waals surface area contributed by atoms with Crippen molar-refractivity contribution in [1.29, 1.82) is 0 Å². The molecule has 1 fully saturated rings. The molecule has 0 aliphatic heterocycles. The zero-order chi connectivity index (χ0) is 18.1. The highest BCUT2D eigenvalue weighted by Gasteiger charge is 2.29. The molecule has 4 rings (SSSR count). The quantitative estimate of drug-likeness (QED) is 0.561. The maximum atomic E-state index is 12.4. The maximum absolute atomic E-state index is 12.4. The largest absolute Gasteiger partial charge is 0.326 e. The van der Waals surface area contributed by atoms with Crippen LogP contribution in [0.25, 0.3) is 9.88 Å². The van der Waals surface area contributed by atoms with Crippen molar-refractivity contribution < 1.29 is 9.59 Å². The molecule has 1 aliphatic rings. The second kappa shape index (κ2) is 7.30. The Labute approximate surface area is 166 Å². The van der Waals surface area contributed by atoms with E-state index < -0.39 is 0 Å². The maximum Gasteiger partial charge on any atom is 0.275 e. The van der Waals surface area contributed by atoms with Crippen LogP contribution < -0.4 is 10.6 Å². The van der Waals surface area contributed by atoms with Gasteiger partial charge in [0.1, 0.15) is 10.7 Å². The standard InChI is InChI=1S/C18H14BrN3O2S2/c19-11-7-15(25-8-11)18-22-14(9-26-18)17(24)21-13-5-3-12(4-6-13)20-16(23)10-1-2-10/h3-10H,1-2H2,(H,20,23)(H,21,24). The highest BCUT2D eigenvalue weighted by molar-refractivity contribution is 9.10. The second-order valence-corrected chi connectivity index (χ2v) is 8.65. The molecule has 2 aromatic heterocycles. The summed E-state index contributed by atoms with van der Waals surface area (Å²) in [6, 6.07) is 9.09. The lowest BCUT2D eigenvalue weighted by molar-refractivity contribution is -0.117. The Balaban J connectivity index is 1.40. The van der Waals surface area contributed by atoms with Crippen molar-refractivity contribution >= 4 is 61.8 Å². The van der Waals surface area contributed by atoms with Crippen molar-refractivity contribution in [3.8, 4) is 9.88 Å². The van der Waals surface area contributed by atoms with Gasteiger partial charge >= 0.3 is 0 Å². The number of halogens is 1. The number of carbonyl (C=O) groups excluding carboxylic acids is 2. The molecular formula is C18H14BrN3O2S2. The highest BCUT2D eigenvalue weighted by atomic mass is 79.9. The third-order valence-electron chi connectivity index (χ3n) is 3.87. The molecule has 1 aliphatic carbocycles. The summed E-state index contributed by atoms with van der Waals surface area (Å²) in [5.41, 5.74) is 1.78. The predicted molar refractivity (Wildman–Crippen MR) is 109 cm³/mol. The first-order chi connectivity index (χ1) is 12.6. The van der Waals surface area contributed by atoms with E-state index in [-0.39, 0.29) is 17.7 Å². The topological polar surface area (TPSA) is 71.1 Å². The molecule has 1 saturated carbocycles. The second-order valence-electron chi connectivity index (χ2n) is 5.96. The van der Waals surface area contributed by atoms with Crippen LogP contribution in [0.4, 0.5) is 11.4 Å². The first-order valence-corrected chi connectivity index (χ1v) is 10.6. The van der Waals surface area contributed by atoms with E-state index in [0.717, 1.165) is 32.9 Å². The van der Waals surface area contributed by atoms with E-state index in [4.69, 9.17) is 0 Å². The Kier molecular flexibility index (Phi) is 4.88. The zero-order valence-electron chi connectivity index (χ0n) is 13.5. The molecule has 0 spiro atoms. The summed E-state index contributed by atoms with van der Waals surface area (Å²) in [5, 5.41) is 10.3. The van der Waals surface area contributed by atoms with Crippen LogP contribution >= 0.6 is 38.6 Å². The first kappa shape index (κ1) is 17.4. The molecule has 2 amide bonds. The third kappa shape index (κ3) is 4.03. The molecule has 5 nitrogen and oxygen atoms in total. The van der Waals surface area contributed by atoms with Crippen LogP contribution in [-0.4, -0.2) is 16.8 Å². The molecule has 2 heterocycles. The summed E-state index contributed by atoms with van der Waals surface area (Å²) in [7, 11) is 0. The fourth-order valence-electron chi connectivity index (χ4n) is 2.34. The average Bonchev–Trinajstić information content (AvgIpc) is 3.21. The monoisotopic (exact) mass is 447 g/mol. The van der Waals surface area contributed by atoms with E-state index in [9.17, 15) is 9.59 Å². The average molecular weight is 448 g/mol. The number of thiophene rings is 1. The summed E-state index contributed by atoms with van der Waals surface area (Å²) in [4.78, 5) is 29.6. The number of amides is 2. The Hall–Kier alpha value is -2.03. The molecule has 0 unspecified atom stereocenters. The Morgan fingerprint density at radius 3 is 2.35 bits per heavy atom. The van der Waals surface area contributed by atoms with Crippen LogP contribution in [0.15, 0.2) is 45.6 Å². The lowest BCUT2D eigenvalue weighted by Crippen LogP contribution is -2.14. The van der Waals surface area contributed by atoms with Crippen LogP contribution in [0.3, 0.4) is 0 Å². The van der Waals surface area contributed by atoms with Gasteiger partial charge < -0.3 is 10.6 Å². The number of carbonyl (C=O) groups is 2. The summed E-state index contributed by atoms with van der Waals surface area (Å²) in [5.74, 6) is -0.0212. The predicted octanol–water partition coefficient (Wildman–Crippen LogP) is 5.23. The van der Waals surface area contributed by atoms with E-state index >= 15 is 0 Å². The van der Waals surface area contributed by atoms with Gasteiger partial charge in [-0.25, -0.2) is 4.98 Å². The number of aromatic nitrogens is 1. The molecule has 1 aromatic carbocycles. The van der Waals surface area contributed by atoms with Gasteiger partial charge in [-0.2, -0.15) is 0 Å². The fourth-order valence-corrected chi connectivity index (χ4v) is 4.65. The minimum Gasteiger partial charge on any atom is -0.326 e. The summed E-state index contributed by atoms with van der Waals surface area (Å²) < 4.78 is 1.01. The summed E-state index contributed by atoms with van der Waals surface area (Å²) in [6.07, 6.45) is 1.94. The van der Waals surface area contributed by atoms with Gasteiger partial charge in [0.25, 0.3) is 5.91 Å². The van der Waals surface area contributed by atoms with Crippen molar-refractivity contribution in [2.24, 2.45) is 5.92 Å². The molecule has 0 bridgehead atoms. The number of nitrogens with zero attached hydrogens (tertiary/aromatic N) is 1. The van der Waals surface area contributed by atoms with Crippen LogP contribution in [0.1, 0.15) is 23.3 Å². The summed E-state index contributed by atoms with van der Waals surface area (Å²) in [6.45, 7) is 0.